The predicted molar refractivity (Wildman–Crippen MR) is 128 cm³/mol. The second kappa shape index (κ2) is 12.6. The van der Waals surface area contributed by atoms with Crippen molar-refractivity contribution in [2.45, 2.75) is 19.4 Å². The third kappa shape index (κ3) is 8.48. The van der Waals surface area contributed by atoms with Crippen LogP contribution in [-0.2, 0) is 11.2 Å². The molecule has 0 fully saturated rings. The van der Waals surface area contributed by atoms with E-state index in [1.54, 1.807) is 14.1 Å². The maximum Gasteiger partial charge on any atom is 0.243 e. The summed E-state index contributed by atoms with van der Waals surface area (Å²) in [4.78, 5) is 17.9. The third-order valence-corrected chi connectivity index (χ3v) is 4.36. The highest BCUT2D eigenvalue weighted by Gasteiger charge is 2.10. The maximum absolute atomic E-state index is 11.9. The number of halogens is 2. The molecule has 0 bridgehead atoms. The van der Waals surface area contributed by atoms with Gasteiger partial charge >= 0.3 is 0 Å². The molecule has 2 aromatic carbocycles. The number of carbonyl (C=O) groups is 1. The Morgan fingerprint density at radius 2 is 1.86 bits per heavy atom. The van der Waals surface area contributed by atoms with E-state index in [0.717, 1.165) is 12.0 Å². The molecule has 0 aliphatic rings. The Kier molecular flexibility index (Phi) is 10.9. The lowest BCUT2D eigenvalue weighted by Crippen LogP contribution is -2.40. The van der Waals surface area contributed by atoms with Gasteiger partial charge in [-0.15, -0.1) is 24.0 Å². The zero-order valence-electron chi connectivity index (χ0n) is 16.5. The zero-order valence-corrected chi connectivity index (χ0v) is 19.6. The van der Waals surface area contributed by atoms with Gasteiger partial charge in [-0.2, -0.15) is 0 Å². The number of likely N-dealkylation sites (N-methyl/N-ethyl adjacent to an activating group) is 1. The normalized spacial score (nSPS) is 11.9. The Morgan fingerprint density at radius 1 is 1.14 bits per heavy atom. The van der Waals surface area contributed by atoms with Crippen LogP contribution in [0, 0.1) is 0 Å². The number of hydrogen-bond acceptors (Lipinski definition) is 2. The molecule has 0 aromatic heterocycles. The third-order valence-electron chi connectivity index (χ3n) is 4.12. The number of rotatable bonds is 7. The topological polar surface area (TPSA) is 56.7 Å². The molecular weight excluding hydrogens is 487 g/mol. The molecule has 1 atom stereocenters. The minimum Gasteiger partial charge on any atom is -0.356 e. The molecule has 28 heavy (non-hydrogen) atoms. The monoisotopic (exact) mass is 514 g/mol. The first-order valence-corrected chi connectivity index (χ1v) is 9.38. The number of nitrogens with one attached hydrogen (secondary N) is 2. The number of benzene rings is 2. The van der Waals surface area contributed by atoms with Gasteiger partial charge in [0.15, 0.2) is 5.96 Å². The predicted octanol–water partition coefficient (Wildman–Crippen LogP) is 3.89. The van der Waals surface area contributed by atoms with E-state index < -0.39 is 0 Å². The molecule has 2 N–H and O–H groups in total. The summed E-state index contributed by atoms with van der Waals surface area (Å²) in [7, 11) is 3.45. The summed E-state index contributed by atoms with van der Waals surface area (Å²) >= 11 is 6.09. The molecule has 7 heteroatoms. The Bertz CT molecular complexity index is 768. The van der Waals surface area contributed by atoms with Gasteiger partial charge < -0.3 is 15.5 Å². The number of hydrogen-bond donors (Lipinski definition) is 2. The summed E-state index contributed by atoms with van der Waals surface area (Å²) < 4.78 is 0. The van der Waals surface area contributed by atoms with Crippen molar-refractivity contribution in [1.29, 1.82) is 0 Å². The van der Waals surface area contributed by atoms with Gasteiger partial charge in [0.05, 0.1) is 6.04 Å². The van der Waals surface area contributed by atoms with Crippen LogP contribution < -0.4 is 10.6 Å². The van der Waals surface area contributed by atoms with Crippen LogP contribution in [0.15, 0.2) is 59.6 Å². The molecule has 1 unspecified atom stereocenters. The minimum absolute atomic E-state index is 0. The first-order valence-electron chi connectivity index (χ1n) is 9.00. The molecule has 0 aliphatic carbocycles. The largest absolute Gasteiger partial charge is 0.356 e. The summed E-state index contributed by atoms with van der Waals surface area (Å²) in [5.41, 5.74) is 2.30. The molecule has 0 aliphatic heterocycles. The van der Waals surface area contributed by atoms with E-state index in [4.69, 9.17) is 11.6 Å². The molecule has 0 radical (unpaired) electrons. The molecule has 1 amide bonds. The van der Waals surface area contributed by atoms with E-state index in [9.17, 15) is 4.79 Å². The van der Waals surface area contributed by atoms with Crippen LogP contribution in [0.2, 0.25) is 5.02 Å². The lowest BCUT2D eigenvalue weighted by atomic mass is 10.1. The van der Waals surface area contributed by atoms with Crippen LogP contribution in [0.4, 0.5) is 0 Å². The second-order valence-electron chi connectivity index (χ2n) is 6.54. The molecule has 0 saturated carbocycles. The Balaban J connectivity index is 0.00000392. The highest BCUT2D eigenvalue weighted by atomic mass is 127. The Morgan fingerprint density at radius 3 is 2.50 bits per heavy atom. The van der Waals surface area contributed by atoms with E-state index in [1.807, 2.05) is 49.4 Å². The van der Waals surface area contributed by atoms with Gasteiger partial charge in [-0.1, -0.05) is 54.1 Å². The smallest absolute Gasteiger partial charge is 0.243 e. The van der Waals surface area contributed by atoms with E-state index >= 15 is 0 Å². The van der Waals surface area contributed by atoms with Crippen LogP contribution in [0.1, 0.15) is 24.1 Å². The number of carbonyl (C=O) groups excluding carboxylic acids is 1. The Hall–Kier alpha value is -1.80. The number of guanidine groups is 1. The van der Waals surface area contributed by atoms with Crippen molar-refractivity contribution in [1.82, 2.24) is 15.5 Å². The van der Waals surface area contributed by atoms with E-state index in [2.05, 4.69) is 27.8 Å². The van der Waals surface area contributed by atoms with Gasteiger partial charge in [-0.05, 0) is 36.6 Å². The highest BCUT2D eigenvalue weighted by molar-refractivity contribution is 14.0. The molecule has 0 spiro atoms. The first-order chi connectivity index (χ1) is 13.0. The molecule has 0 saturated heterocycles. The maximum atomic E-state index is 11.9. The van der Waals surface area contributed by atoms with Gasteiger partial charge in [0.25, 0.3) is 0 Å². The highest BCUT2D eigenvalue weighted by Crippen LogP contribution is 2.17. The van der Waals surface area contributed by atoms with Gasteiger partial charge in [0.2, 0.25) is 5.91 Å². The van der Waals surface area contributed by atoms with Crippen LogP contribution >= 0.6 is 35.6 Å². The molecule has 2 aromatic rings. The minimum atomic E-state index is -0.0467. The lowest BCUT2D eigenvalue weighted by molar-refractivity contribution is -0.127. The Labute approximate surface area is 189 Å². The van der Waals surface area contributed by atoms with Crippen LogP contribution in [0.3, 0.4) is 0 Å². The van der Waals surface area contributed by atoms with Crippen molar-refractivity contribution in [3.05, 3.63) is 70.7 Å². The van der Waals surface area contributed by atoms with Crippen LogP contribution in [0.25, 0.3) is 0 Å². The van der Waals surface area contributed by atoms with Gasteiger partial charge in [0.1, 0.15) is 6.54 Å². The van der Waals surface area contributed by atoms with Gasteiger partial charge in [-0.25, -0.2) is 4.99 Å². The van der Waals surface area contributed by atoms with E-state index in [1.165, 1.54) is 10.5 Å². The van der Waals surface area contributed by atoms with E-state index in [-0.39, 0.29) is 42.5 Å². The average molecular weight is 515 g/mol. The summed E-state index contributed by atoms with van der Waals surface area (Å²) in [5.74, 6) is 0.558. The quantitative estimate of drug-likeness (QED) is 0.335. The zero-order chi connectivity index (χ0) is 19.6. The molecule has 0 heterocycles. The van der Waals surface area contributed by atoms with Crippen molar-refractivity contribution in [2.75, 3.05) is 27.2 Å². The fourth-order valence-electron chi connectivity index (χ4n) is 2.47. The fraction of sp³-hybridized carbons (Fsp3) is 0.333. The summed E-state index contributed by atoms with van der Waals surface area (Å²) in [6.07, 6.45) is 0.870. The SMILES string of the molecule is CC(NC(=NCC(=O)N(C)C)NCCc1ccccc1)c1cccc(Cl)c1.I. The van der Waals surface area contributed by atoms with Crippen LogP contribution in [-0.4, -0.2) is 44.0 Å². The summed E-state index contributed by atoms with van der Waals surface area (Å²) in [6, 6.07) is 17.9. The first kappa shape index (κ1) is 24.2. The average Bonchev–Trinajstić information content (AvgIpc) is 2.66. The standard InChI is InChI=1S/C21H27ClN4O.HI/c1-16(18-10-7-11-19(22)14-18)25-21(24-15-20(27)26(2)3)23-13-12-17-8-5-4-6-9-17;/h4-11,14,16H,12-13,15H2,1-3H3,(H2,23,24,25);1H. The van der Waals surface area contributed by atoms with Crippen molar-refractivity contribution in [3.8, 4) is 0 Å². The van der Waals surface area contributed by atoms with Crippen LogP contribution in [0.5, 0.6) is 0 Å². The summed E-state index contributed by atoms with van der Waals surface area (Å²) in [6.45, 7) is 2.85. The fourth-order valence-corrected chi connectivity index (χ4v) is 2.67. The van der Waals surface area contributed by atoms with Crippen molar-refractivity contribution < 1.29 is 4.79 Å². The summed E-state index contributed by atoms with van der Waals surface area (Å²) in [5, 5.41) is 7.36. The van der Waals surface area contributed by atoms with Gasteiger partial charge in [-0.3, -0.25) is 4.79 Å². The number of nitrogens with zero attached hydrogens (tertiary/aromatic N) is 2. The molecular formula is C21H28ClIN4O. The van der Waals surface area contributed by atoms with Crippen molar-refractivity contribution in [2.24, 2.45) is 4.99 Å². The molecule has 152 valence electrons. The second-order valence-corrected chi connectivity index (χ2v) is 6.97. The number of amides is 1. The van der Waals surface area contributed by atoms with Gasteiger partial charge in [0, 0.05) is 25.7 Å². The van der Waals surface area contributed by atoms with Crippen molar-refractivity contribution >= 4 is 47.4 Å². The molecule has 5 nitrogen and oxygen atoms in total. The van der Waals surface area contributed by atoms with Crippen molar-refractivity contribution in [3.63, 3.8) is 0 Å². The molecule has 2 rings (SSSR count). The van der Waals surface area contributed by atoms with E-state index in [0.29, 0.717) is 17.5 Å². The lowest BCUT2D eigenvalue weighted by Gasteiger charge is -2.19. The number of aliphatic imine (C=N–C) groups is 1.